The number of sulfonamides is 1. The Kier molecular flexibility index (Phi) is 7.59. The van der Waals surface area contributed by atoms with Crippen molar-refractivity contribution in [3.05, 3.63) is 50.2 Å². The summed E-state index contributed by atoms with van der Waals surface area (Å²) < 4.78 is 33.8. The molecule has 152 valence electrons. The van der Waals surface area contributed by atoms with Gasteiger partial charge in [-0.2, -0.15) is 4.72 Å². The lowest BCUT2D eigenvalue weighted by Gasteiger charge is -2.24. The Balaban J connectivity index is 2.17. The largest absolute Gasteiger partial charge is 0.459 e. The third-order valence-corrected chi connectivity index (χ3v) is 6.69. The number of rotatable bonds is 7. The fourth-order valence-corrected chi connectivity index (χ4v) is 4.86. The smallest absolute Gasteiger partial charge is 0.326 e. The first-order chi connectivity index (χ1) is 13.0. The lowest BCUT2D eigenvalue weighted by Crippen LogP contribution is -2.50. The number of thiophene rings is 1. The molecule has 1 aromatic heterocycles. The number of carbonyl (C=O) groups excluding carboxylic acids is 2. The van der Waals surface area contributed by atoms with Crippen LogP contribution in [0.3, 0.4) is 0 Å². The fraction of sp³-hybridized carbons (Fsp3) is 0.333. The van der Waals surface area contributed by atoms with E-state index in [1.54, 1.807) is 51.1 Å². The number of benzene rings is 1. The van der Waals surface area contributed by atoms with Crippen LogP contribution in [0.2, 0.25) is 0 Å². The number of amides is 1. The number of esters is 1. The van der Waals surface area contributed by atoms with Crippen LogP contribution in [-0.2, 0) is 19.6 Å². The summed E-state index contributed by atoms with van der Waals surface area (Å²) in [5, 5.41) is 2.59. The molecule has 2 N–H and O–H groups in total. The second-order valence-corrected chi connectivity index (χ2v) is 11.5. The maximum atomic E-state index is 12.6. The first-order valence-electron chi connectivity index (χ1n) is 8.32. The van der Waals surface area contributed by atoms with E-state index in [2.05, 4.69) is 32.6 Å². The molecule has 0 aliphatic carbocycles. The summed E-state index contributed by atoms with van der Waals surface area (Å²) in [5.41, 5.74) is -0.804. The van der Waals surface area contributed by atoms with Crippen molar-refractivity contribution in [1.82, 2.24) is 10.0 Å². The standard InChI is InChI=1S/C18H21IN2O5S2/c1-18(2,3)26-17(23)13(11-20-16(22)14-9-10-15(19)27-14)21-28(24,25)12-7-5-4-6-8-12/h4-10,13,21H,11H2,1-3H3,(H,20,22)/t13-/m0/s1. The lowest BCUT2D eigenvalue weighted by molar-refractivity contribution is -0.156. The van der Waals surface area contributed by atoms with E-state index < -0.39 is 27.6 Å². The van der Waals surface area contributed by atoms with Gasteiger partial charge in [-0.25, -0.2) is 8.42 Å². The predicted molar refractivity (Wildman–Crippen MR) is 116 cm³/mol. The summed E-state index contributed by atoms with van der Waals surface area (Å²) >= 11 is 3.39. The normalized spacial score (nSPS) is 13.0. The molecule has 1 amide bonds. The second kappa shape index (κ2) is 9.33. The number of hydrogen-bond donors (Lipinski definition) is 2. The van der Waals surface area contributed by atoms with Crippen LogP contribution in [0.25, 0.3) is 0 Å². The zero-order chi connectivity index (χ0) is 20.9. The molecule has 0 unspecified atom stereocenters. The van der Waals surface area contributed by atoms with E-state index in [0.29, 0.717) is 4.88 Å². The molecule has 1 aromatic carbocycles. The van der Waals surface area contributed by atoms with Crippen LogP contribution in [0.4, 0.5) is 0 Å². The second-order valence-electron chi connectivity index (χ2n) is 6.83. The molecule has 28 heavy (non-hydrogen) atoms. The van der Waals surface area contributed by atoms with E-state index in [9.17, 15) is 18.0 Å². The van der Waals surface area contributed by atoms with E-state index in [1.807, 2.05) is 0 Å². The van der Waals surface area contributed by atoms with Gasteiger partial charge in [0, 0.05) is 6.54 Å². The van der Waals surface area contributed by atoms with Crippen LogP contribution in [0.1, 0.15) is 30.4 Å². The zero-order valence-corrected chi connectivity index (χ0v) is 19.4. The molecule has 1 heterocycles. The Morgan fingerprint density at radius 3 is 2.32 bits per heavy atom. The number of carbonyl (C=O) groups is 2. The van der Waals surface area contributed by atoms with Gasteiger partial charge in [0.25, 0.3) is 5.91 Å². The average Bonchev–Trinajstić information content (AvgIpc) is 3.04. The molecule has 0 spiro atoms. The molecule has 0 bridgehead atoms. The van der Waals surface area contributed by atoms with E-state index in [-0.39, 0.29) is 17.3 Å². The number of hydrogen-bond acceptors (Lipinski definition) is 6. The summed E-state index contributed by atoms with van der Waals surface area (Å²) in [4.78, 5) is 25.3. The van der Waals surface area contributed by atoms with E-state index in [4.69, 9.17) is 4.74 Å². The Hall–Kier alpha value is -1.50. The third-order valence-electron chi connectivity index (χ3n) is 3.31. The molecule has 10 heteroatoms. The van der Waals surface area contributed by atoms with E-state index in [0.717, 1.165) is 2.88 Å². The van der Waals surface area contributed by atoms with Crippen molar-refractivity contribution >= 4 is 55.8 Å². The molecule has 2 aromatic rings. The predicted octanol–water partition coefficient (Wildman–Crippen LogP) is 2.77. The van der Waals surface area contributed by atoms with Gasteiger partial charge in [-0.3, -0.25) is 9.59 Å². The minimum absolute atomic E-state index is 0.0164. The highest BCUT2D eigenvalue weighted by molar-refractivity contribution is 14.1. The maximum Gasteiger partial charge on any atom is 0.326 e. The van der Waals surface area contributed by atoms with E-state index >= 15 is 0 Å². The van der Waals surface area contributed by atoms with Gasteiger partial charge >= 0.3 is 5.97 Å². The van der Waals surface area contributed by atoms with Gasteiger partial charge in [-0.1, -0.05) is 18.2 Å². The summed E-state index contributed by atoms with van der Waals surface area (Å²) in [6.45, 7) is 4.80. The van der Waals surface area contributed by atoms with Gasteiger partial charge < -0.3 is 10.1 Å². The molecule has 0 saturated carbocycles. The lowest BCUT2D eigenvalue weighted by atomic mass is 10.2. The third kappa shape index (κ3) is 6.83. The van der Waals surface area contributed by atoms with Crippen molar-refractivity contribution in [3.8, 4) is 0 Å². The first kappa shape index (κ1) is 22.8. The van der Waals surface area contributed by atoms with Crippen LogP contribution in [0, 0.1) is 2.88 Å². The first-order valence-corrected chi connectivity index (χ1v) is 11.7. The Morgan fingerprint density at radius 1 is 1.14 bits per heavy atom. The molecule has 0 aliphatic rings. The SMILES string of the molecule is CC(C)(C)OC(=O)[C@H](CNC(=O)c1ccc(I)s1)NS(=O)(=O)c1ccccc1. The topological polar surface area (TPSA) is 102 Å². The summed E-state index contributed by atoms with van der Waals surface area (Å²) in [6.07, 6.45) is 0. The molecular formula is C18H21IN2O5S2. The Bertz CT molecular complexity index is 936. The molecular weight excluding hydrogens is 515 g/mol. The monoisotopic (exact) mass is 536 g/mol. The minimum atomic E-state index is -3.97. The van der Waals surface area contributed by atoms with Crippen LogP contribution in [0.5, 0.6) is 0 Å². The van der Waals surface area contributed by atoms with Crippen LogP contribution in [0.15, 0.2) is 47.4 Å². The van der Waals surface area contributed by atoms with Gasteiger partial charge in [0.1, 0.15) is 11.6 Å². The molecule has 0 fully saturated rings. The fourth-order valence-electron chi connectivity index (χ4n) is 2.12. The molecule has 1 atom stereocenters. The number of halogens is 1. The summed E-state index contributed by atoms with van der Waals surface area (Å²) in [5.74, 6) is -1.16. The van der Waals surface area contributed by atoms with Crippen molar-refractivity contribution in [1.29, 1.82) is 0 Å². The Labute approximate surface area is 182 Å². The quantitative estimate of drug-likeness (QED) is 0.419. The van der Waals surface area contributed by atoms with Gasteiger partial charge in [0.15, 0.2) is 0 Å². The van der Waals surface area contributed by atoms with Gasteiger partial charge in [-0.15, -0.1) is 11.3 Å². The van der Waals surface area contributed by atoms with Gasteiger partial charge in [-0.05, 0) is 67.6 Å². The van der Waals surface area contributed by atoms with Crippen molar-refractivity contribution in [2.24, 2.45) is 0 Å². The van der Waals surface area contributed by atoms with Crippen molar-refractivity contribution in [2.75, 3.05) is 6.54 Å². The van der Waals surface area contributed by atoms with Gasteiger partial charge in [0.05, 0.1) is 12.7 Å². The molecule has 0 radical (unpaired) electrons. The van der Waals surface area contributed by atoms with Crippen molar-refractivity contribution in [2.45, 2.75) is 37.3 Å². The maximum absolute atomic E-state index is 12.6. The molecule has 2 rings (SSSR count). The summed E-state index contributed by atoms with van der Waals surface area (Å²) in [7, 11) is -3.97. The van der Waals surface area contributed by atoms with Crippen LogP contribution >= 0.6 is 33.9 Å². The van der Waals surface area contributed by atoms with Crippen LogP contribution < -0.4 is 10.0 Å². The van der Waals surface area contributed by atoms with Crippen LogP contribution in [-0.4, -0.2) is 38.5 Å². The van der Waals surface area contributed by atoms with Crippen molar-refractivity contribution < 1.29 is 22.7 Å². The van der Waals surface area contributed by atoms with Gasteiger partial charge in [0.2, 0.25) is 10.0 Å². The zero-order valence-electron chi connectivity index (χ0n) is 15.6. The Morgan fingerprint density at radius 2 is 1.79 bits per heavy atom. The van der Waals surface area contributed by atoms with E-state index in [1.165, 1.54) is 23.5 Å². The highest BCUT2D eigenvalue weighted by Crippen LogP contribution is 2.18. The molecule has 0 saturated heterocycles. The number of ether oxygens (including phenoxy) is 1. The molecule has 0 aliphatic heterocycles. The average molecular weight is 536 g/mol. The highest BCUT2D eigenvalue weighted by atomic mass is 127. The number of nitrogens with one attached hydrogen (secondary N) is 2. The highest BCUT2D eigenvalue weighted by Gasteiger charge is 2.30. The molecule has 7 nitrogen and oxygen atoms in total. The van der Waals surface area contributed by atoms with Crippen molar-refractivity contribution in [3.63, 3.8) is 0 Å². The minimum Gasteiger partial charge on any atom is -0.459 e. The summed E-state index contributed by atoms with van der Waals surface area (Å²) in [6, 6.07) is 9.87.